The van der Waals surface area contributed by atoms with Crippen LogP contribution in [-0.4, -0.2) is 35.8 Å². The van der Waals surface area contributed by atoms with Gasteiger partial charge in [-0.25, -0.2) is 9.18 Å². The van der Waals surface area contributed by atoms with Gasteiger partial charge in [0.25, 0.3) is 0 Å². The third kappa shape index (κ3) is 6.38. The monoisotopic (exact) mass is 401 g/mol. The summed E-state index contributed by atoms with van der Waals surface area (Å²) in [5.74, 6) is 1.16. The van der Waals surface area contributed by atoms with E-state index in [-0.39, 0.29) is 18.0 Å². The van der Waals surface area contributed by atoms with E-state index in [9.17, 15) is 9.18 Å². The molecule has 2 aromatic carbocycles. The molecule has 3 rings (SSSR count). The molecule has 1 aliphatic rings. The molecule has 0 aromatic heterocycles. The fourth-order valence-corrected chi connectivity index (χ4v) is 3.14. The zero-order valence-electron chi connectivity index (χ0n) is 17.2. The summed E-state index contributed by atoms with van der Waals surface area (Å²) in [6.07, 6.45) is 1.56. The predicted octanol–water partition coefficient (Wildman–Crippen LogP) is 5.18. The fraction of sp³-hybridized carbons (Fsp3) is 0.435. The number of hydrogen-bond donors (Lipinski definition) is 0. The molecule has 156 valence electrons. The number of carbonyl (C=O) groups excluding carboxylic acids is 1. The van der Waals surface area contributed by atoms with Gasteiger partial charge in [-0.3, -0.25) is 0 Å². The molecule has 1 atom stereocenters. The van der Waals surface area contributed by atoms with Crippen LogP contribution >= 0.6 is 0 Å². The molecule has 0 saturated carbocycles. The Kier molecular flexibility index (Phi) is 6.62. The van der Waals surface area contributed by atoms with Crippen LogP contribution in [-0.2, 0) is 11.3 Å². The van der Waals surface area contributed by atoms with Gasteiger partial charge in [-0.2, -0.15) is 0 Å². The van der Waals surface area contributed by atoms with Crippen molar-refractivity contribution in [2.24, 2.45) is 0 Å². The lowest BCUT2D eigenvalue weighted by atomic mass is 10.2. The van der Waals surface area contributed by atoms with Crippen molar-refractivity contribution in [2.75, 3.05) is 13.2 Å². The van der Waals surface area contributed by atoms with Crippen molar-refractivity contribution in [2.45, 2.75) is 51.9 Å². The molecule has 0 unspecified atom stereocenters. The lowest BCUT2D eigenvalue weighted by Gasteiger charge is -2.28. The average molecular weight is 401 g/mol. The number of halogens is 1. The van der Waals surface area contributed by atoms with Gasteiger partial charge in [0.1, 0.15) is 36.1 Å². The van der Waals surface area contributed by atoms with E-state index < -0.39 is 5.60 Å². The first-order valence-corrected chi connectivity index (χ1v) is 9.90. The van der Waals surface area contributed by atoms with Crippen LogP contribution in [0.25, 0.3) is 0 Å². The van der Waals surface area contributed by atoms with E-state index in [1.165, 1.54) is 12.1 Å². The van der Waals surface area contributed by atoms with Gasteiger partial charge < -0.3 is 19.1 Å². The maximum Gasteiger partial charge on any atom is 0.410 e. The third-order valence-electron chi connectivity index (χ3n) is 4.59. The minimum Gasteiger partial charge on any atom is -0.491 e. The van der Waals surface area contributed by atoms with Gasteiger partial charge in [-0.15, -0.1) is 0 Å². The lowest BCUT2D eigenvalue weighted by Crippen LogP contribution is -2.42. The summed E-state index contributed by atoms with van der Waals surface area (Å²) in [6.45, 7) is 7.09. The van der Waals surface area contributed by atoms with E-state index in [2.05, 4.69) is 0 Å². The molecule has 0 bridgehead atoms. The Labute approximate surface area is 171 Å². The molecule has 2 aromatic rings. The first kappa shape index (κ1) is 21.0. The number of ether oxygens (including phenoxy) is 3. The van der Waals surface area contributed by atoms with Gasteiger partial charge in [0, 0.05) is 6.54 Å². The number of nitrogens with zero attached hydrogens (tertiary/aromatic N) is 1. The molecule has 5 nitrogen and oxygen atoms in total. The van der Waals surface area contributed by atoms with Crippen molar-refractivity contribution in [3.8, 4) is 11.5 Å². The largest absolute Gasteiger partial charge is 0.491 e. The number of carbonyl (C=O) groups is 1. The molecule has 0 aliphatic carbocycles. The number of rotatable bonds is 6. The summed E-state index contributed by atoms with van der Waals surface area (Å²) >= 11 is 0. The molecule has 0 N–H and O–H groups in total. The number of amides is 1. The highest BCUT2D eigenvalue weighted by Gasteiger charge is 2.32. The van der Waals surface area contributed by atoms with Gasteiger partial charge in [-0.05, 0) is 75.6 Å². The second-order valence-corrected chi connectivity index (χ2v) is 8.17. The highest BCUT2D eigenvalue weighted by molar-refractivity contribution is 5.69. The molecule has 1 amide bonds. The maximum absolute atomic E-state index is 12.9. The van der Waals surface area contributed by atoms with Crippen LogP contribution in [0.4, 0.5) is 9.18 Å². The van der Waals surface area contributed by atoms with Crippen LogP contribution in [0.15, 0.2) is 48.5 Å². The third-order valence-corrected chi connectivity index (χ3v) is 4.59. The van der Waals surface area contributed by atoms with Gasteiger partial charge in [0.05, 0.1) is 6.04 Å². The van der Waals surface area contributed by atoms with Crippen LogP contribution in [0.5, 0.6) is 11.5 Å². The Bertz CT molecular complexity index is 799. The molecule has 1 heterocycles. The highest BCUT2D eigenvalue weighted by Crippen LogP contribution is 2.23. The zero-order chi connectivity index (χ0) is 20.9. The van der Waals surface area contributed by atoms with E-state index in [0.29, 0.717) is 25.5 Å². The fourth-order valence-electron chi connectivity index (χ4n) is 3.14. The van der Waals surface area contributed by atoms with E-state index in [4.69, 9.17) is 14.2 Å². The van der Waals surface area contributed by atoms with Crippen LogP contribution in [0.2, 0.25) is 0 Å². The van der Waals surface area contributed by atoms with E-state index in [0.717, 1.165) is 24.2 Å². The number of hydrogen-bond acceptors (Lipinski definition) is 4. The molecule has 0 spiro atoms. The topological polar surface area (TPSA) is 48.0 Å². The quantitative estimate of drug-likeness (QED) is 0.669. The number of likely N-dealkylation sites (tertiary alicyclic amines) is 1. The van der Waals surface area contributed by atoms with Crippen LogP contribution in [0.1, 0.15) is 39.2 Å². The first-order chi connectivity index (χ1) is 13.8. The Morgan fingerprint density at radius 2 is 1.66 bits per heavy atom. The van der Waals surface area contributed by atoms with Crippen molar-refractivity contribution in [1.29, 1.82) is 0 Å². The van der Waals surface area contributed by atoms with Crippen LogP contribution in [0, 0.1) is 5.82 Å². The molecule has 6 heteroatoms. The standard InChI is InChI=1S/C23H28FNO4/c1-23(2,3)29-22(26)25-14-4-5-19(25)16-28-21-12-10-20(11-13-21)27-15-17-6-8-18(24)9-7-17/h6-13,19H,4-5,14-16H2,1-3H3/t19-/m1/s1. The van der Waals surface area contributed by atoms with Gasteiger partial charge in [0.2, 0.25) is 0 Å². The zero-order valence-corrected chi connectivity index (χ0v) is 17.2. The second-order valence-electron chi connectivity index (χ2n) is 8.17. The molecule has 29 heavy (non-hydrogen) atoms. The van der Waals surface area contributed by atoms with Crippen molar-refractivity contribution in [1.82, 2.24) is 4.90 Å². The lowest BCUT2D eigenvalue weighted by molar-refractivity contribution is 0.0187. The van der Waals surface area contributed by atoms with Crippen LogP contribution < -0.4 is 9.47 Å². The minimum absolute atomic E-state index is 0.0132. The SMILES string of the molecule is CC(C)(C)OC(=O)N1CCC[C@@H]1COc1ccc(OCc2ccc(F)cc2)cc1. The van der Waals surface area contributed by atoms with E-state index in [1.54, 1.807) is 17.0 Å². The summed E-state index contributed by atoms with van der Waals surface area (Å²) in [6, 6.07) is 13.6. The Morgan fingerprint density at radius 3 is 2.28 bits per heavy atom. The summed E-state index contributed by atoms with van der Waals surface area (Å²) in [5.41, 5.74) is 0.393. The second kappa shape index (κ2) is 9.16. The van der Waals surface area contributed by atoms with Crippen LogP contribution in [0.3, 0.4) is 0 Å². The van der Waals surface area contributed by atoms with Gasteiger partial charge >= 0.3 is 6.09 Å². The van der Waals surface area contributed by atoms with E-state index >= 15 is 0 Å². The molecular weight excluding hydrogens is 373 g/mol. The van der Waals surface area contributed by atoms with Crippen molar-refractivity contribution >= 4 is 6.09 Å². The molecule has 1 fully saturated rings. The Balaban J connectivity index is 1.48. The van der Waals surface area contributed by atoms with E-state index in [1.807, 2.05) is 45.0 Å². The average Bonchev–Trinajstić information content (AvgIpc) is 3.14. The highest BCUT2D eigenvalue weighted by atomic mass is 19.1. The summed E-state index contributed by atoms with van der Waals surface area (Å²) < 4.78 is 30.0. The number of benzene rings is 2. The normalized spacial score (nSPS) is 16.6. The summed E-state index contributed by atoms with van der Waals surface area (Å²) in [5, 5.41) is 0. The first-order valence-electron chi connectivity index (χ1n) is 9.90. The van der Waals surface area contributed by atoms with Crippen molar-refractivity contribution in [3.63, 3.8) is 0 Å². The Hall–Kier alpha value is -2.76. The minimum atomic E-state index is -0.505. The predicted molar refractivity (Wildman–Crippen MR) is 109 cm³/mol. The smallest absolute Gasteiger partial charge is 0.410 e. The molecule has 1 aliphatic heterocycles. The van der Waals surface area contributed by atoms with Gasteiger partial charge in [0.15, 0.2) is 0 Å². The Morgan fingerprint density at radius 1 is 1.03 bits per heavy atom. The van der Waals surface area contributed by atoms with Crippen molar-refractivity contribution < 1.29 is 23.4 Å². The van der Waals surface area contributed by atoms with Crippen molar-refractivity contribution in [3.05, 3.63) is 59.9 Å². The van der Waals surface area contributed by atoms with Gasteiger partial charge in [-0.1, -0.05) is 12.1 Å². The molecule has 0 radical (unpaired) electrons. The molecular formula is C23H28FNO4. The summed E-state index contributed by atoms with van der Waals surface area (Å²) in [7, 11) is 0. The maximum atomic E-state index is 12.9. The molecule has 1 saturated heterocycles. The summed E-state index contributed by atoms with van der Waals surface area (Å²) in [4.78, 5) is 14.1.